The van der Waals surface area contributed by atoms with Crippen molar-refractivity contribution in [1.82, 2.24) is 9.80 Å². The molecule has 2 saturated heterocycles. The van der Waals surface area contributed by atoms with Gasteiger partial charge in [-0.1, -0.05) is 13.8 Å². The molecule has 0 aromatic rings. The number of hydrogen-bond acceptors (Lipinski definition) is 5. The first-order chi connectivity index (χ1) is 10.3. The molecule has 0 radical (unpaired) electrons. The minimum absolute atomic E-state index is 0.0177. The average molecular weight is 310 g/mol. The van der Waals surface area contributed by atoms with Crippen LogP contribution < -0.4 is 11.5 Å². The molecule has 2 rings (SSSR count). The van der Waals surface area contributed by atoms with Crippen molar-refractivity contribution < 1.29 is 4.79 Å². The third-order valence-electron chi connectivity index (χ3n) is 5.93. The predicted octanol–water partition coefficient (Wildman–Crippen LogP) is 0.671. The molecule has 6 atom stereocenters. The molecule has 4 N–H and O–H groups in total. The van der Waals surface area contributed by atoms with E-state index in [-0.39, 0.29) is 24.2 Å². The van der Waals surface area contributed by atoms with E-state index in [0.29, 0.717) is 17.6 Å². The number of carbonyl (C=O) groups is 1. The molecule has 0 saturated carbocycles. The summed E-state index contributed by atoms with van der Waals surface area (Å²) in [5.74, 6) is 1.27. The number of piperidine rings is 2. The largest absolute Gasteiger partial charge is 0.327 e. The molecule has 22 heavy (non-hydrogen) atoms. The fourth-order valence-electron chi connectivity index (χ4n) is 3.80. The molecule has 5 heteroatoms. The Bertz CT molecular complexity index is 355. The average Bonchev–Trinajstić information content (AvgIpc) is 2.50. The van der Waals surface area contributed by atoms with Gasteiger partial charge in [0.25, 0.3) is 0 Å². The van der Waals surface area contributed by atoms with Crippen molar-refractivity contribution in [1.29, 1.82) is 0 Å². The Morgan fingerprint density at radius 2 is 1.27 bits per heavy atom. The van der Waals surface area contributed by atoms with Crippen LogP contribution in [0.3, 0.4) is 0 Å². The van der Waals surface area contributed by atoms with Crippen LogP contribution in [-0.4, -0.2) is 65.9 Å². The molecule has 0 bridgehead atoms. The molecule has 0 aliphatic carbocycles. The Kier molecular flexibility index (Phi) is 6.00. The smallest absolute Gasteiger partial charge is 0.166 e. The number of carbonyl (C=O) groups excluding carboxylic acids is 1. The molecule has 2 fully saturated rings. The third-order valence-corrected chi connectivity index (χ3v) is 5.93. The Morgan fingerprint density at radius 1 is 0.909 bits per heavy atom. The molecule has 0 aromatic carbocycles. The highest BCUT2D eigenvalue weighted by Gasteiger charge is 2.35. The van der Waals surface area contributed by atoms with Gasteiger partial charge in [0, 0.05) is 38.3 Å². The van der Waals surface area contributed by atoms with Crippen molar-refractivity contribution >= 4 is 5.78 Å². The standard InChI is InChI=1S/C17H34N4O/c1-11-9-20(7-5-15(11)18)13(3)17(22)14(4)21-8-6-16(19)12(2)10-21/h11-16H,5-10,18-19H2,1-4H3. The van der Waals surface area contributed by atoms with Gasteiger partial charge in [-0.2, -0.15) is 0 Å². The van der Waals surface area contributed by atoms with Gasteiger partial charge >= 0.3 is 0 Å². The maximum absolute atomic E-state index is 12.9. The van der Waals surface area contributed by atoms with E-state index in [9.17, 15) is 4.79 Å². The minimum atomic E-state index is -0.0177. The second kappa shape index (κ2) is 7.39. The molecular weight excluding hydrogens is 276 g/mol. The van der Waals surface area contributed by atoms with Crippen LogP contribution in [0.4, 0.5) is 0 Å². The van der Waals surface area contributed by atoms with Crippen LogP contribution in [0.1, 0.15) is 40.5 Å². The van der Waals surface area contributed by atoms with Crippen LogP contribution in [0.15, 0.2) is 0 Å². The lowest BCUT2D eigenvalue weighted by Gasteiger charge is -2.42. The number of likely N-dealkylation sites (tertiary alicyclic amines) is 2. The summed E-state index contributed by atoms with van der Waals surface area (Å²) < 4.78 is 0. The van der Waals surface area contributed by atoms with Gasteiger partial charge in [-0.25, -0.2) is 0 Å². The Balaban J connectivity index is 1.92. The summed E-state index contributed by atoms with van der Waals surface area (Å²) in [6.45, 7) is 12.2. The molecule has 2 heterocycles. The number of nitrogens with two attached hydrogens (primary N) is 2. The molecule has 0 aromatic heterocycles. The van der Waals surface area contributed by atoms with E-state index in [1.807, 2.05) is 0 Å². The highest BCUT2D eigenvalue weighted by molar-refractivity contribution is 5.88. The van der Waals surface area contributed by atoms with Gasteiger partial charge in [-0.05, 0) is 38.5 Å². The second-order valence-corrected chi connectivity index (χ2v) is 7.60. The number of rotatable bonds is 4. The molecule has 2 aliphatic rings. The third kappa shape index (κ3) is 3.88. The van der Waals surface area contributed by atoms with Gasteiger partial charge in [0.2, 0.25) is 0 Å². The number of hydrogen-bond donors (Lipinski definition) is 2. The molecule has 0 amide bonds. The lowest BCUT2D eigenvalue weighted by atomic mass is 9.91. The number of nitrogens with zero attached hydrogens (tertiary/aromatic N) is 2. The summed E-state index contributed by atoms with van der Waals surface area (Å²) in [5.41, 5.74) is 12.2. The lowest BCUT2D eigenvalue weighted by Crippen LogP contribution is -2.56. The van der Waals surface area contributed by atoms with Crippen LogP contribution >= 0.6 is 0 Å². The monoisotopic (exact) mass is 310 g/mol. The first-order valence-electron chi connectivity index (χ1n) is 8.84. The van der Waals surface area contributed by atoms with E-state index in [2.05, 4.69) is 37.5 Å². The van der Waals surface area contributed by atoms with Gasteiger partial charge in [-0.15, -0.1) is 0 Å². The van der Waals surface area contributed by atoms with Crippen molar-refractivity contribution in [2.24, 2.45) is 23.3 Å². The molecule has 6 unspecified atom stereocenters. The highest BCUT2D eigenvalue weighted by Crippen LogP contribution is 2.21. The van der Waals surface area contributed by atoms with Crippen molar-refractivity contribution in [2.45, 2.75) is 64.7 Å². The maximum atomic E-state index is 12.9. The summed E-state index contributed by atoms with van der Waals surface area (Å²) in [6, 6.07) is 0.521. The molecule has 0 spiro atoms. The highest BCUT2D eigenvalue weighted by atomic mass is 16.1. The molecular formula is C17H34N4O. The van der Waals surface area contributed by atoms with Gasteiger partial charge < -0.3 is 11.5 Å². The predicted molar refractivity (Wildman–Crippen MR) is 90.6 cm³/mol. The zero-order valence-corrected chi connectivity index (χ0v) is 14.7. The summed E-state index contributed by atoms with van der Waals surface area (Å²) in [5, 5.41) is 0. The van der Waals surface area contributed by atoms with E-state index in [1.54, 1.807) is 0 Å². The fraction of sp³-hybridized carbons (Fsp3) is 0.941. The van der Waals surface area contributed by atoms with Crippen LogP contribution in [0.2, 0.25) is 0 Å². The minimum Gasteiger partial charge on any atom is -0.327 e. The molecule has 128 valence electrons. The quantitative estimate of drug-likeness (QED) is 0.798. The van der Waals surface area contributed by atoms with E-state index in [0.717, 1.165) is 39.0 Å². The van der Waals surface area contributed by atoms with Crippen LogP contribution in [0.25, 0.3) is 0 Å². The van der Waals surface area contributed by atoms with Gasteiger partial charge in [-0.3, -0.25) is 14.6 Å². The number of Topliss-reactive ketones (excluding diaryl/α,β-unsaturated/α-hetero) is 1. The van der Waals surface area contributed by atoms with E-state index in [4.69, 9.17) is 11.5 Å². The van der Waals surface area contributed by atoms with Crippen molar-refractivity contribution in [3.8, 4) is 0 Å². The summed E-state index contributed by atoms with van der Waals surface area (Å²) >= 11 is 0. The van der Waals surface area contributed by atoms with E-state index >= 15 is 0 Å². The van der Waals surface area contributed by atoms with E-state index in [1.165, 1.54) is 0 Å². The Hall–Kier alpha value is -0.490. The van der Waals surface area contributed by atoms with Crippen molar-refractivity contribution in [3.63, 3.8) is 0 Å². The lowest BCUT2D eigenvalue weighted by molar-refractivity contribution is -0.130. The van der Waals surface area contributed by atoms with Crippen molar-refractivity contribution in [3.05, 3.63) is 0 Å². The summed E-state index contributed by atoms with van der Waals surface area (Å²) in [7, 11) is 0. The normalized spacial score (nSPS) is 37.7. The van der Waals surface area contributed by atoms with Gasteiger partial charge in [0.15, 0.2) is 5.78 Å². The molecule has 2 aliphatic heterocycles. The van der Waals surface area contributed by atoms with Crippen LogP contribution in [-0.2, 0) is 4.79 Å². The van der Waals surface area contributed by atoms with E-state index < -0.39 is 0 Å². The SMILES string of the molecule is CC1CN(C(C)C(=O)C(C)N2CCC(N)C(C)C2)CCC1N. The van der Waals surface area contributed by atoms with Gasteiger partial charge in [0.1, 0.15) is 0 Å². The van der Waals surface area contributed by atoms with Gasteiger partial charge in [0.05, 0.1) is 12.1 Å². The number of ketones is 1. The Labute approximate surface area is 135 Å². The van der Waals surface area contributed by atoms with Crippen LogP contribution in [0.5, 0.6) is 0 Å². The zero-order valence-electron chi connectivity index (χ0n) is 14.7. The summed E-state index contributed by atoms with van der Waals surface area (Å²) in [6.07, 6.45) is 1.98. The summed E-state index contributed by atoms with van der Waals surface area (Å²) in [4.78, 5) is 17.5. The zero-order chi connectivity index (χ0) is 16.4. The topological polar surface area (TPSA) is 75.6 Å². The van der Waals surface area contributed by atoms with Crippen LogP contribution in [0, 0.1) is 11.8 Å². The fourth-order valence-corrected chi connectivity index (χ4v) is 3.80. The molecule has 5 nitrogen and oxygen atoms in total. The first kappa shape index (κ1) is 17.9. The van der Waals surface area contributed by atoms with Crippen molar-refractivity contribution in [2.75, 3.05) is 26.2 Å². The Morgan fingerprint density at radius 3 is 1.59 bits per heavy atom. The first-order valence-corrected chi connectivity index (χ1v) is 8.84. The maximum Gasteiger partial charge on any atom is 0.166 e. The second-order valence-electron chi connectivity index (χ2n) is 7.60.